The van der Waals surface area contributed by atoms with Crippen LogP contribution in [0.2, 0.25) is 5.02 Å². The van der Waals surface area contributed by atoms with Gasteiger partial charge in [-0.05, 0) is 29.7 Å². The lowest BCUT2D eigenvalue weighted by Crippen LogP contribution is -2.41. The summed E-state index contributed by atoms with van der Waals surface area (Å²) in [5, 5.41) is 0.506. The van der Waals surface area contributed by atoms with Gasteiger partial charge in [-0.25, -0.2) is 0 Å². The third-order valence-corrected chi connectivity index (χ3v) is 4.81. The van der Waals surface area contributed by atoms with Crippen LogP contribution in [0, 0.1) is 0 Å². The maximum atomic E-state index is 13.4. The summed E-state index contributed by atoms with van der Waals surface area (Å²) in [6.45, 7) is 3.00. The quantitative estimate of drug-likeness (QED) is 0.489. The van der Waals surface area contributed by atoms with Crippen molar-refractivity contribution in [2.75, 3.05) is 0 Å². The summed E-state index contributed by atoms with van der Waals surface area (Å²) in [5.41, 5.74) is 2.17. The number of hydrogen-bond donors (Lipinski definition) is 0. The molecule has 144 valence electrons. The predicted molar refractivity (Wildman–Crippen MR) is 113 cm³/mol. The fraction of sp³-hybridized carbons (Fsp3) is 0.208. The third-order valence-electron chi connectivity index (χ3n) is 4.50. The van der Waals surface area contributed by atoms with Crippen LogP contribution in [0.1, 0.15) is 24.5 Å². The zero-order chi connectivity index (χ0) is 19.8. The Labute approximate surface area is 171 Å². The highest BCUT2D eigenvalue weighted by atomic mass is 35.5. The third kappa shape index (κ3) is 5.37. The molecule has 0 saturated heterocycles. The van der Waals surface area contributed by atoms with E-state index in [0.717, 1.165) is 11.1 Å². The Hall–Kier alpha value is -2.78. The number of rotatable bonds is 8. The van der Waals surface area contributed by atoms with E-state index in [1.165, 1.54) is 0 Å². The minimum atomic E-state index is -0.590. The number of benzene rings is 3. The monoisotopic (exact) mass is 393 g/mol. The Morgan fingerprint density at radius 2 is 1.36 bits per heavy atom. The number of amides is 1. The zero-order valence-corrected chi connectivity index (χ0v) is 16.7. The molecule has 0 saturated carbocycles. The van der Waals surface area contributed by atoms with Gasteiger partial charge >= 0.3 is 0 Å². The number of ether oxygens (including phenoxy) is 1. The van der Waals surface area contributed by atoms with Gasteiger partial charge in [-0.15, -0.1) is 0 Å². The van der Waals surface area contributed by atoms with Crippen molar-refractivity contribution in [1.82, 2.24) is 4.90 Å². The van der Waals surface area contributed by atoms with E-state index in [1.54, 1.807) is 12.1 Å². The molecule has 0 fully saturated rings. The van der Waals surface area contributed by atoms with Crippen molar-refractivity contribution in [3.05, 3.63) is 101 Å². The molecule has 1 atom stereocenters. The summed E-state index contributed by atoms with van der Waals surface area (Å²) >= 11 is 6.22. The predicted octanol–water partition coefficient (Wildman–Crippen LogP) is 5.73. The Morgan fingerprint density at radius 1 is 0.857 bits per heavy atom. The van der Waals surface area contributed by atoms with E-state index >= 15 is 0 Å². The van der Waals surface area contributed by atoms with Crippen LogP contribution in [0.4, 0.5) is 0 Å². The lowest BCUT2D eigenvalue weighted by molar-refractivity contribution is -0.140. The molecule has 1 amide bonds. The van der Waals surface area contributed by atoms with E-state index in [2.05, 4.69) is 0 Å². The number of halogens is 1. The average molecular weight is 394 g/mol. The highest BCUT2D eigenvalue weighted by Crippen LogP contribution is 2.25. The molecule has 0 aromatic heterocycles. The van der Waals surface area contributed by atoms with Crippen LogP contribution in [0.15, 0.2) is 84.9 Å². The molecule has 0 heterocycles. The number of para-hydroxylation sites is 1. The minimum absolute atomic E-state index is 0.0462. The van der Waals surface area contributed by atoms with Gasteiger partial charge in [-0.2, -0.15) is 0 Å². The van der Waals surface area contributed by atoms with Gasteiger partial charge < -0.3 is 9.64 Å². The first-order valence-corrected chi connectivity index (χ1v) is 9.83. The van der Waals surface area contributed by atoms with Crippen LogP contribution < -0.4 is 4.74 Å². The van der Waals surface area contributed by atoms with E-state index in [-0.39, 0.29) is 5.91 Å². The largest absolute Gasteiger partial charge is 0.479 e. The average Bonchev–Trinajstić information content (AvgIpc) is 2.74. The van der Waals surface area contributed by atoms with Crippen LogP contribution in [0.25, 0.3) is 0 Å². The summed E-state index contributed by atoms with van der Waals surface area (Å²) in [5.74, 6) is 0.485. The highest BCUT2D eigenvalue weighted by molar-refractivity contribution is 6.32. The van der Waals surface area contributed by atoms with Crippen molar-refractivity contribution < 1.29 is 9.53 Å². The molecule has 3 aromatic rings. The standard InChI is InChI=1S/C24H24ClNO2/c1-2-22(28-23-16-10-9-15-21(23)25)24(27)26(17-19-11-5-3-6-12-19)18-20-13-7-4-8-14-20/h3-16,22H,2,17-18H2,1H3. The maximum absolute atomic E-state index is 13.4. The molecule has 3 nitrogen and oxygen atoms in total. The van der Waals surface area contributed by atoms with E-state index in [4.69, 9.17) is 16.3 Å². The highest BCUT2D eigenvalue weighted by Gasteiger charge is 2.25. The molecule has 0 aliphatic carbocycles. The van der Waals surface area contributed by atoms with E-state index in [0.29, 0.717) is 30.3 Å². The number of hydrogen-bond acceptors (Lipinski definition) is 2. The summed E-state index contributed by atoms with van der Waals surface area (Å²) in [6.07, 6.45) is -0.0308. The van der Waals surface area contributed by atoms with Crippen LogP contribution in [0.5, 0.6) is 5.75 Å². The van der Waals surface area contributed by atoms with Crippen LogP contribution >= 0.6 is 11.6 Å². The van der Waals surface area contributed by atoms with Gasteiger partial charge in [0.2, 0.25) is 0 Å². The smallest absolute Gasteiger partial charge is 0.264 e. The molecule has 4 heteroatoms. The Bertz CT molecular complexity index is 842. The van der Waals surface area contributed by atoms with Gasteiger partial charge in [0.05, 0.1) is 5.02 Å². The second kappa shape index (κ2) is 9.95. The second-order valence-electron chi connectivity index (χ2n) is 6.61. The summed E-state index contributed by atoms with van der Waals surface area (Å²) < 4.78 is 5.99. The van der Waals surface area contributed by atoms with Gasteiger partial charge in [0.1, 0.15) is 5.75 Å². The minimum Gasteiger partial charge on any atom is -0.479 e. The van der Waals surface area contributed by atoms with Crippen molar-refractivity contribution in [2.45, 2.75) is 32.5 Å². The molecule has 0 aliphatic rings. The van der Waals surface area contributed by atoms with Gasteiger partial charge in [0.15, 0.2) is 6.10 Å². The second-order valence-corrected chi connectivity index (χ2v) is 7.02. The lowest BCUT2D eigenvalue weighted by Gasteiger charge is -2.28. The lowest BCUT2D eigenvalue weighted by atomic mass is 10.1. The van der Waals surface area contributed by atoms with Crippen molar-refractivity contribution in [3.63, 3.8) is 0 Å². The molecule has 0 radical (unpaired) electrons. The summed E-state index contributed by atoms with van der Waals surface area (Å²) in [4.78, 5) is 15.2. The normalized spacial score (nSPS) is 11.6. The van der Waals surface area contributed by atoms with Gasteiger partial charge in [0.25, 0.3) is 5.91 Å². The van der Waals surface area contributed by atoms with Crippen LogP contribution in [-0.4, -0.2) is 16.9 Å². The SMILES string of the molecule is CCC(Oc1ccccc1Cl)C(=O)N(Cc1ccccc1)Cc1ccccc1. The van der Waals surface area contributed by atoms with E-state index in [9.17, 15) is 4.79 Å². The number of nitrogens with zero attached hydrogens (tertiary/aromatic N) is 1. The molecule has 3 rings (SSSR count). The Balaban J connectivity index is 1.82. The number of carbonyl (C=O) groups excluding carboxylic acids is 1. The molecule has 28 heavy (non-hydrogen) atoms. The van der Waals surface area contributed by atoms with E-state index in [1.807, 2.05) is 84.6 Å². The van der Waals surface area contributed by atoms with E-state index < -0.39 is 6.10 Å². The molecule has 0 bridgehead atoms. The van der Waals surface area contributed by atoms with Crippen LogP contribution in [-0.2, 0) is 17.9 Å². The summed E-state index contributed by atoms with van der Waals surface area (Å²) in [6, 6.07) is 27.2. The van der Waals surface area contributed by atoms with Crippen LogP contribution in [0.3, 0.4) is 0 Å². The molecular formula is C24H24ClNO2. The molecule has 0 spiro atoms. The van der Waals surface area contributed by atoms with Crippen molar-refractivity contribution >= 4 is 17.5 Å². The van der Waals surface area contributed by atoms with Crippen molar-refractivity contribution in [1.29, 1.82) is 0 Å². The van der Waals surface area contributed by atoms with Gasteiger partial charge in [-0.3, -0.25) is 4.79 Å². The van der Waals surface area contributed by atoms with Crippen molar-refractivity contribution in [3.8, 4) is 5.75 Å². The zero-order valence-electron chi connectivity index (χ0n) is 15.9. The Kier molecular flexibility index (Phi) is 7.10. The first-order chi connectivity index (χ1) is 13.7. The topological polar surface area (TPSA) is 29.5 Å². The molecule has 3 aromatic carbocycles. The van der Waals surface area contributed by atoms with Gasteiger partial charge in [0, 0.05) is 13.1 Å². The summed E-state index contributed by atoms with van der Waals surface area (Å²) in [7, 11) is 0. The molecular weight excluding hydrogens is 370 g/mol. The maximum Gasteiger partial charge on any atom is 0.264 e. The fourth-order valence-electron chi connectivity index (χ4n) is 3.02. The first-order valence-electron chi connectivity index (χ1n) is 9.45. The van der Waals surface area contributed by atoms with Crippen molar-refractivity contribution in [2.24, 2.45) is 0 Å². The number of carbonyl (C=O) groups is 1. The van der Waals surface area contributed by atoms with Gasteiger partial charge in [-0.1, -0.05) is 91.3 Å². The molecule has 1 unspecified atom stereocenters. The molecule has 0 aliphatic heterocycles. The Morgan fingerprint density at radius 3 is 1.86 bits per heavy atom. The molecule has 0 N–H and O–H groups in total. The first kappa shape index (κ1) is 20.0. The fourth-order valence-corrected chi connectivity index (χ4v) is 3.21.